The number of rotatable bonds is 3. The highest BCUT2D eigenvalue weighted by molar-refractivity contribution is 6.19. The molecule has 2 aromatic carbocycles. The van der Waals surface area contributed by atoms with Crippen molar-refractivity contribution in [3.63, 3.8) is 0 Å². The molecule has 2 heterocycles. The molecule has 0 saturated heterocycles. The number of hydrogen-bond donors (Lipinski definition) is 1. The summed E-state index contributed by atoms with van der Waals surface area (Å²) < 4.78 is 5.24. The van der Waals surface area contributed by atoms with Gasteiger partial charge in [0.15, 0.2) is 0 Å². The van der Waals surface area contributed by atoms with Crippen LogP contribution in [0.5, 0.6) is 5.75 Å². The number of benzene rings is 2. The van der Waals surface area contributed by atoms with Gasteiger partial charge in [-0.15, -0.1) is 11.6 Å². The molecule has 0 aliphatic carbocycles. The number of ether oxygens (including phenoxy) is 1. The zero-order valence-corrected chi connectivity index (χ0v) is 14.0. The number of H-pyrrole nitrogens is 1. The van der Waals surface area contributed by atoms with Gasteiger partial charge in [0.05, 0.1) is 7.11 Å². The lowest BCUT2D eigenvalue weighted by Crippen LogP contribution is -2.30. The third kappa shape index (κ3) is 2.34. The van der Waals surface area contributed by atoms with Crippen LogP contribution in [0.1, 0.15) is 22.0 Å². The second-order valence-corrected chi connectivity index (χ2v) is 6.27. The molecule has 122 valence electrons. The molecular formula is C19H17ClN2O2. The van der Waals surface area contributed by atoms with Crippen LogP contribution in [0.2, 0.25) is 0 Å². The minimum absolute atomic E-state index is 0.0368. The van der Waals surface area contributed by atoms with E-state index in [1.807, 2.05) is 53.4 Å². The maximum atomic E-state index is 13.0. The lowest BCUT2D eigenvalue weighted by Gasteiger charge is -2.16. The van der Waals surface area contributed by atoms with Crippen LogP contribution in [0.4, 0.5) is 5.69 Å². The molecule has 0 fully saturated rings. The van der Waals surface area contributed by atoms with Crippen LogP contribution in [0.15, 0.2) is 48.5 Å². The van der Waals surface area contributed by atoms with Gasteiger partial charge < -0.3 is 14.6 Å². The molecule has 1 aliphatic heterocycles. The Bertz CT molecular complexity index is 919. The molecule has 1 aliphatic rings. The number of para-hydroxylation sites is 1. The van der Waals surface area contributed by atoms with Gasteiger partial charge in [-0.3, -0.25) is 4.79 Å². The monoisotopic (exact) mass is 340 g/mol. The fourth-order valence-corrected chi connectivity index (χ4v) is 3.58. The standard InChI is InChI=1S/C19H17ClN2O2/c1-24-14-6-7-16-12(8-14)9-17(21-16)19(23)22-11-13(10-20)15-4-2-3-5-18(15)22/h2-9,13,21H,10-11H2,1H3. The van der Waals surface area contributed by atoms with Crippen LogP contribution < -0.4 is 9.64 Å². The second-order valence-electron chi connectivity index (χ2n) is 5.96. The predicted octanol–water partition coefficient (Wildman–Crippen LogP) is 4.16. The Morgan fingerprint density at radius 2 is 2.12 bits per heavy atom. The third-order valence-corrected chi connectivity index (χ3v) is 4.93. The first-order valence-electron chi connectivity index (χ1n) is 7.85. The predicted molar refractivity (Wildman–Crippen MR) is 96.4 cm³/mol. The van der Waals surface area contributed by atoms with Crippen molar-refractivity contribution in [3.05, 3.63) is 59.8 Å². The van der Waals surface area contributed by atoms with Crippen LogP contribution in [0, 0.1) is 0 Å². The van der Waals surface area contributed by atoms with Crippen LogP contribution in [-0.2, 0) is 0 Å². The first-order chi connectivity index (χ1) is 11.7. The van der Waals surface area contributed by atoms with Crippen LogP contribution >= 0.6 is 11.6 Å². The van der Waals surface area contributed by atoms with Gasteiger partial charge in [0, 0.05) is 34.9 Å². The van der Waals surface area contributed by atoms with E-state index in [0.717, 1.165) is 27.9 Å². The van der Waals surface area contributed by atoms with Crippen molar-refractivity contribution >= 4 is 34.1 Å². The molecule has 0 saturated carbocycles. The molecule has 4 rings (SSSR count). The molecule has 1 aromatic heterocycles. The zero-order chi connectivity index (χ0) is 16.7. The lowest BCUT2D eigenvalue weighted by molar-refractivity contribution is 0.0984. The van der Waals surface area contributed by atoms with Crippen LogP contribution in [0.3, 0.4) is 0 Å². The first kappa shape index (κ1) is 15.1. The number of carbonyl (C=O) groups is 1. The number of aromatic nitrogens is 1. The summed E-state index contributed by atoms with van der Waals surface area (Å²) in [6.45, 7) is 0.611. The fraction of sp³-hybridized carbons (Fsp3) is 0.211. The van der Waals surface area contributed by atoms with Gasteiger partial charge in [-0.1, -0.05) is 18.2 Å². The Morgan fingerprint density at radius 1 is 1.29 bits per heavy atom. The molecule has 0 bridgehead atoms. The minimum Gasteiger partial charge on any atom is -0.497 e. The van der Waals surface area contributed by atoms with Gasteiger partial charge in [-0.25, -0.2) is 0 Å². The smallest absolute Gasteiger partial charge is 0.274 e. The number of aromatic amines is 1. The summed E-state index contributed by atoms with van der Waals surface area (Å²) in [7, 11) is 1.63. The highest BCUT2D eigenvalue weighted by Gasteiger charge is 2.32. The lowest BCUT2D eigenvalue weighted by atomic mass is 10.0. The van der Waals surface area contributed by atoms with Crippen molar-refractivity contribution < 1.29 is 9.53 Å². The van der Waals surface area contributed by atoms with E-state index in [1.54, 1.807) is 7.11 Å². The van der Waals surface area contributed by atoms with Crippen molar-refractivity contribution in [2.45, 2.75) is 5.92 Å². The summed E-state index contributed by atoms with van der Waals surface area (Å²) in [5.74, 6) is 1.42. The van der Waals surface area contributed by atoms with Gasteiger partial charge in [-0.05, 0) is 35.9 Å². The summed E-state index contributed by atoms with van der Waals surface area (Å²) in [5.41, 5.74) is 3.58. The van der Waals surface area contributed by atoms with Gasteiger partial charge in [0.25, 0.3) is 5.91 Å². The molecular weight excluding hydrogens is 324 g/mol. The van der Waals surface area contributed by atoms with E-state index in [0.29, 0.717) is 18.1 Å². The van der Waals surface area contributed by atoms with Crippen molar-refractivity contribution in [2.24, 2.45) is 0 Å². The zero-order valence-electron chi connectivity index (χ0n) is 13.3. The fourth-order valence-electron chi connectivity index (χ4n) is 3.32. The molecule has 5 heteroatoms. The van der Waals surface area contributed by atoms with E-state index in [4.69, 9.17) is 16.3 Å². The highest BCUT2D eigenvalue weighted by atomic mass is 35.5. The number of alkyl halides is 1. The normalized spacial score (nSPS) is 16.4. The van der Waals surface area contributed by atoms with Crippen LogP contribution in [0.25, 0.3) is 10.9 Å². The van der Waals surface area contributed by atoms with E-state index in [-0.39, 0.29) is 11.8 Å². The summed E-state index contributed by atoms with van der Waals surface area (Å²) in [4.78, 5) is 18.0. The summed E-state index contributed by atoms with van der Waals surface area (Å²) >= 11 is 6.09. The first-order valence-corrected chi connectivity index (χ1v) is 8.38. The van der Waals surface area contributed by atoms with Gasteiger partial charge in [0.1, 0.15) is 11.4 Å². The maximum absolute atomic E-state index is 13.0. The van der Waals surface area contributed by atoms with Crippen molar-refractivity contribution in [2.75, 3.05) is 24.4 Å². The van der Waals surface area contributed by atoms with Gasteiger partial charge >= 0.3 is 0 Å². The van der Waals surface area contributed by atoms with Crippen molar-refractivity contribution in [1.29, 1.82) is 0 Å². The number of anilines is 1. The number of carbonyl (C=O) groups excluding carboxylic acids is 1. The molecule has 1 amide bonds. The second kappa shape index (κ2) is 5.87. The minimum atomic E-state index is -0.0368. The number of halogens is 1. The molecule has 4 nitrogen and oxygen atoms in total. The molecule has 3 aromatic rings. The maximum Gasteiger partial charge on any atom is 0.274 e. The van der Waals surface area contributed by atoms with Crippen molar-refractivity contribution in [3.8, 4) is 5.75 Å². The Labute approximate surface area is 145 Å². The number of fused-ring (bicyclic) bond motifs is 2. The summed E-state index contributed by atoms with van der Waals surface area (Å²) in [5, 5.41) is 0.957. The summed E-state index contributed by atoms with van der Waals surface area (Å²) in [6, 6.07) is 15.6. The summed E-state index contributed by atoms with van der Waals surface area (Å²) in [6.07, 6.45) is 0. The third-order valence-electron chi connectivity index (χ3n) is 4.56. The van der Waals surface area contributed by atoms with E-state index < -0.39 is 0 Å². The van der Waals surface area contributed by atoms with Crippen LogP contribution in [-0.4, -0.2) is 30.4 Å². The Balaban J connectivity index is 1.72. The number of nitrogens with zero attached hydrogens (tertiary/aromatic N) is 1. The average molecular weight is 341 g/mol. The molecule has 0 radical (unpaired) electrons. The van der Waals surface area contributed by atoms with E-state index >= 15 is 0 Å². The Kier molecular flexibility index (Phi) is 3.69. The number of amides is 1. The number of hydrogen-bond acceptors (Lipinski definition) is 2. The topological polar surface area (TPSA) is 45.3 Å². The average Bonchev–Trinajstić information content (AvgIpc) is 3.21. The molecule has 1 unspecified atom stereocenters. The van der Waals surface area contributed by atoms with E-state index in [2.05, 4.69) is 4.98 Å². The number of methoxy groups -OCH3 is 1. The Hall–Kier alpha value is -2.46. The SMILES string of the molecule is COc1ccc2[nH]c(C(=O)N3CC(CCl)c4ccccc43)cc2c1. The van der Waals surface area contributed by atoms with Crippen molar-refractivity contribution in [1.82, 2.24) is 4.98 Å². The highest BCUT2D eigenvalue weighted by Crippen LogP contribution is 2.37. The van der Waals surface area contributed by atoms with E-state index in [1.165, 1.54) is 0 Å². The van der Waals surface area contributed by atoms with Gasteiger partial charge in [0.2, 0.25) is 0 Å². The Morgan fingerprint density at radius 3 is 2.92 bits per heavy atom. The van der Waals surface area contributed by atoms with E-state index in [9.17, 15) is 4.79 Å². The molecule has 1 atom stereocenters. The largest absolute Gasteiger partial charge is 0.497 e. The number of nitrogens with one attached hydrogen (secondary N) is 1. The molecule has 24 heavy (non-hydrogen) atoms. The quantitative estimate of drug-likeness (QED) is 0.728. The molecule has 1 N–H and O–H groups in total. The van der Waals surface area contributed by atoms with Gasteiger partial charge in [-0.2, -0.15) is 0 Å². The molecule has 0 spiro atoms.